The maximum absolute atomic E-state index is 12.5. The molecule has 0 spiro atoms. The molecule has 1 saturated heterocycles. The fraction of sp³-hybridized carbons (Fsp3) is 0.320. The van der Waals surface area contributed by atoms with Gasteiger partial charge in [-0.1, -0.05) is 12.0 Å². The minimum absolute atomic E-state index is 0.0150. The molecule has 0 radical (unpaired) electrons. The molecule has 13 heteroatoms. The Morgan fingerprint density at radius 1 is 1.24 bits per heavy atom. The van der Waals surface area contributed by atoms with Gasteiger partial charge in [0, 0.05) is 41.5 Å². The monoisotopic (exact) mass is 523 g/mol. The largest absolute Gasteiger partial charge is 0.461 e. The van der Waals surface area contributed by atoms with Crippen LogP contribution >= 0.6 is 0 Å². The van der Waals surface area contributed by atoms with E-state index in [1.165, 1.54) is 23.4 Å². The number of aromatic nitrogens is 3. The number of pyridine rings is 1. The number of rotatable bonds is 7. The number of hydrogen-bond acceptors (Lipinski definition) is 11. The lowest BCUT2D eigenvalue weighted by molar-refractivity contribution is -0.147. The van der Waals surface area contributed by atoms with E-state index >= 15 is 0 Å². The Morgan fingerprint density at radius 3 is 2.76 bits per heavy atom. The molecule has 0 bridgehead atoms. The van der Waals surface area contributed by atoms with Crippen molar-refractivity contribution in [3.63, 3.8) is 0 Å². The first-order valence-corrected chi connectivity index (χ1v) is 11.5. The number of nitrogen functional groups attached to an aromatic ring is 1. The van der Waals surface area contributed by atoms with Crippen molar-refractivity contribution in [2.45, 2.75) is 37.6 Å². The highest BCUT2D eigenvalue weighted by Gasteiger charge is 2.45. The number of aliphatic hydroxyl groups excluding tert-OH is 2. The first kappa shape index (κ1) is 26.6. The standard InChI is InChI=1S/C25H25N5O8/c1-2-15-8-17(12-29(11-15)25(35)37-13-16-4-3-6-27-10-16)14-36-20(31)9-18-21(32)22(33)23(38-18)30-7-5-19(26)28-24(30)34/h1,3-8,10,12,18,21-23,32-33H,9,11,13-14H2,(H2,26,28,34)/t18-,21-,22-,23-/m1/s1. The van der Waals surface area contributed by atoms with Crippen molar-refractivity contribution in [1.82, 2.24) is 19.4 Å². The lowest BCUT2D eigenvalue weighted by Gasteiger charge is -2.23. The Hall–Kier alpha value is -4.51. The van der Waals surface area contributed by atoms with Crippen molar-refractivity contribution in [3.8, 4) is 12.3 Å². The number of amides is 1. The number of hydrogen-bond donors (Lipinski definition) is 3. The van der Waals surface area contributed by atoms with Gasteiger partial charge in [-0.15, -0.1) is 6.42 Å². The summed E-state index contributed by atoms with van der Waals surface area (Å²) in [6.07, 6.45) is 6.60. The molecule has 0 aliphatic carbocycles. The maximum atomic E-state index is 12.5. The molecule has 1 fully saturated rings. The van der Waals surface area contributed by atoms with Crippen LogP contribution in [-0.2, 0) is 25.6 Å². The third kappa shape index (κ3) is 6.24. The summed E-state index contributed by atoms with van der Waals surface area (Å²) < 4.78 is 17.1. The van der Waals surface area contributed by atoms with Crippen molar-refractivity contribution in [2.24, 2.45) is 0 Å². The normalized spacial score (nSPS) is 22.7. The van der Waals surface area contributed by atoms with Crippen LogP contribution in [0.3, 0.4) is 0 Å². The summed E-state index contributed by atoms with van der Waals surface area (Å²) >= 11 is 0. The number of terminal acetylenes is 1. The molecule has 2 aliphatic heterocycles. The quantitative estimate of drug-likeness (QED) is 0.325. The summed E-state index contributed by atoms with van der Waals surface area (Å²) in [6, 6.07) is 4.82. The summed E-state index contributed by atoms with van der Waals surface area (Å²) in [6.45, 7) is -0.0986. The lowest BCUT2D eigenvalue weighted by Crippen LogP contribution is -2.36. The zero-order chi connectivity index (χ0) is 27.2. The second kappa shape index (κ2) is 11.7. The van der Waals surface area contributed by atoms with Gasteiger partial charge in [0.1, 0.15) is 31.2 Å². The molecule has 4 rings (SSSR count). The van der Waals surface area contributed by atoms with Crippen molar-refractivity contribution in [2.75, 3.05) is 18.9 Å². The first-order chi connectivity index (χ1) is 18.2. The molecule has 4 N–H and O–H groups in total. The highest BCUT2D eigenvalue weighted by Crippen LogP contribution is 2.30. The first-order valence-electron chi connectivity index (χ1n) is 11.5. The molecular formula is C25H25N5O8. The molecule has 2 aromatic rings. The second-order valence-electron chi connectivity index (χ2n) is 8.52. The summed E-state index contributed by atoms with van der Waals surface area (Å²) in [4.78, 5) is 45.9. The number of nitrogens with two attached hydrogens (primary N) is 1. The minimum Gasteiger partial charge on any atom is -0.461 e. The Labute approximate surface area is 216 Å². The van der Waals surface area contributed by atoms with Crippen molar-refractivity contribution in [1.29, 1.82) is 0 Å². The molecule has 0 aromatic carbocycles. The van der Waals surface area contributed by atoms with Crippen LogP contribution < -0.4 is 11.4 Å². The van der Waals surface area contributed by atoms with Crippen molar-refractivity contribution in [3.05, 3.63) is 76.3 Å². The van der Waals surface area contributed by atoms with E-state index in [1.54, 1.807) is 30.6 Å². The van der Waals surface area contributed by atoms with E-state index in [2.05, 4.69) is 15.9 Å². The molecule has 13 nitrogen and oxygen atoms in total. The maximum Gasteiger partial charge on any atom is 0.414 e. The van der Waals surface area contributed by atoms with E-state index in [0.717, 1.165) is 4.57 Å². The molecular weight excluding hydrogens is 498 g/mol. The molecule has 0 unspecified atom stereocenters. The van der Waals surface area contributed by atoms with Gasteiger partial charge >= 0.3 is 17.8 Å². The zero-order valence-electron chi connectivity index (χ0n) is 20.0. The highest BCUT2D eigenvalue weighted by molar-refractivity contribution is 5.72. The van der Waals surface area contributed by atoms with E-state index in [1.807, 2.05) is 0 Å². The van der Waals surface area contributed by atoms with Crippen molar-refractivity contribution >= 4 is 17.9 Å². The topological polar surface area (TPSA) is 179 Å². The van der Waals surface area contributed by atoms with Crippen LogP contribution in [0.15, 0.2) is 65.0 Å². The van der Waals surface area contributed by atoms with Gasteiger partial charge in [0.25, 0.3) is 0 Å². The summed E-state index contributed by atoms with van der Waals surface area (Å²) in [5.41, 5.74) is 6.30. The molecule has 38 heavy (non-hydrogen) atoms. The second-order valence-corrected chi connectivity index (χ2v) is 8.52. The van der Waals surface area contributed by atoms with E-state index in [0.29, 0.717) is 16.7 Å². The van der Waals surface area contributed by atoms with Crippen LogP contribution in [0.25, 0.3) is 0 Å². The Bertz CT molecular complexity index is 1350. The Morgan fingerprint density at radius 2 is 2.05 bits per heavy atom. The van der Waals surface area contributed by atoms with Crippen LogP contribution in [0.2, 0.25) is 0 Å². The number of carbonyl (C=O) groups excluding carboxylic acids is 2. The fourth-order valence-electron chi connectivity index (χ4n) is 3.87. The van der Waals surface area contributed by atoms with Gasteiger partial charge < -0.3 is 30.2 Å². The highest BCUT2D eigenvalue weighted by atomic mass is 16.6. The number of carbonyl (C=O) groups is 2. The number of esters is 1. The minimum atomic E-state index is -1.50. The van der Waals surface area contributed by atoms with E-state index < -0.39 is 48.7 Å². The summed E-state index contributed by atoms with van der Waals surface area (Å²) in [5.74, 6) is 1.71. The van der Waals surface area contributed by atoms with Crippen LogP contribution in [0, 0.1) is 12.3 Å². The van der Waals surface area contributed by atoms with E-state index in [-0.39, 0.29) is 25.6 Å². The fourth-order valence-corrected chi connectivity index (χ4v) is 3.87. The molecule has 4 atom stereocenters. The predicted molar refractivity (Wildman–Crippen MR) is 131 cm³/mol. The van der Waals surface area contributed by atoms with E-state index in [4.69, 9.17) is 26.4 Å². The Balaban J connectivity index is 1.33. The molecule has 1 amide bonds. The molecule has 4 heterocycles. The smallest absolute Gasteiger partial charge is 0.414 e. The third-order valence-electron chi connectivity index (χ3n) is 5.76. The number of nitrogens with zero attached hydrogens (tertiary/aromatic N) is 4. The SMILES string of the molecule is C#CC1=CC(COC(=O)C[C@H]2O[C@@H](n3ccc(N)nc3=O)[C@H](O)[C@@H]2O)=CN(C(=O)OCc2cccnc2)C1. The summed E-state index contributed by atoms with van der Waals surface area (Å²) in [7, 11) is 0. The van der Waals surface area contributed by atoms with E-state index in [9.17, 15) is 24.6 Å². The Kier molecular flexibility index (Phi) is 8.17. The van der Waals surface area contributed by atoms with Crippen LogP contribution in [0.4, 0.5) is 10.6 Å². The molecule has 2 aliphatic rings. The number of aliphatic hydroxyl groups is 2. The lowest BCUT2D eigenvalue weighted by atomic mass is 10.1. The van der Waals surface area contributed by atoms with Gasteiger partial charge in [-0.05, 0) is 18.2 Å². The van der Waals surface area contributed by atoms with Crippen molar-refractivity contribution < 1.29 is 34.0 Å². The van der Waals surface area contributed by atoms with Gasteiger partial charge in [-0.25, -0.2) is 9.59 Å². The summed E-state index contributed by atoms with van der Waals surface area (Å²) in [5, 5.41) is 20.7. The molecule has 198 valence electrons. The van der Waals surface area contributed by atoms with Crippen LogP contribution in [0.5, 0.6) is 0 Å². The van der Waals surface area contributed by atoms with Gasteiger partial charge in [0.05, 0.1) is 19.1 Å². The molecule has 2 aromatic heterocycles. The van der Waals surface area contributed by atoms with Gasteiger partial charge in [-0.3, -0.25) is 19.2 Å². The zero-order valence-corrected chi connectivity index (χ0v) is 20.0. The third-order valence-corrected chi connectivity index (χ3v) is 5.76. The van der Waals surface area contributed by atoms with Gasteiger partial charge in [0.15, 0.2) is 6.23 Å². The number of anilines is 1. The average Bonchev–Trinajstić information content (AvgIpc) is 3.19. The average molecular weight is 524 g/mol. The van der Waals surface area contributed by atoms with Crippen LogP contribution in [-0.4, -0.2) is 73.2 Å². The van der Waals surface area contributed by atoms with Gasteiger partial charge in [-0.2, -0.15) is 4.98 Å². The predicted octanol–water partition coefficient (Wildman–Crippen LogP) is -0.131. The number of ether oxygens (including phenoxy) is 3. The van der Waals surface area contributed by atoms with Crippen LogP contribution in [0.1, 0.15) is 18.2 Å². The molecule has 0 saturated carbocycles. The van der Waals surface area contributed by atoms with Gasteiger partial charge in [0.2, 0.25) is 0 Å².